The lowest BCUT2D eigenvalue weighted by molar-refractivity contribution is -0.131. The number of hydrogen-bond donors (Lipinski definition) is 2. The molecule has 2 N–H and O–H groups in total. The molecule has 2 aromatic carbocycles. The quantitative estimate of drug-likeness (QED) is 0.288. The number of esters is 1. The lowest BCUT2D eigenvalue weighted by Gasteiger charge is -2.28. The summed E-state index contributed by atoms with van der Waals surface area (Å²) >= 11 is 0. The van der Waals surface area contributed by atoms with E-state index in [9.17, 15) is 14.7 Å². The number of amides is 1. The van der Waals surface area contributed by atoms with Gasteiger partial charge in [0.1, 0.15) is 11.5 Å². The number of rotatable bonds is 6. The molecule has 2 rings (SSSR count). The molecule has 0 spiro atoms. The van der Waals surface area contributed by atoms with Gasteiger partial charge in [-0.15, -0.1) is 0 Å². The summed E-state index contributed by atoms with van der Waals surface area (Å²) in [5, 5.41) is 14.8. The van der Waals surface area contributed by atoms with Gasteiger partial charge in [0.25, 0.3) is 0 Å². The van der Waals surface area contributed by atoms with Crippen LogP contribution in [0.4, 0.5) is 0 Å². The SMILES string of the molecule is CC(=O)Oc1cccc(/C=N\NC(=O)CCc2cc(C(C)(C)C)c(O)c(C(C)(C)C)c2)c1. The fraction of sp³-hybridized carbons (Fsp3) is 0.423. The van der Waals surface area contributed by atoms with E-state index in [0.717, 1.165) is 16.7 Å². The maximum atomic E-state index is 12.3. The number of phenols is 1. The van der Waals surface area contributed by atoms with Gasteiger partial charge in [0.05, 0.1) is 6.21 Å². The molecule has 0 saturated heterocycles. The largest absolute Gasteiger partial charge is 0.507 e. The molecule has 6 nitrogen and oxygen atoms in total. The topological polar surface area (TPSA) is 88.0 Å². The van der Waals surface area contributed by atoms with Crippen molar-refractivity contribution in [3.05, 3.63) is 58.7 Å². The van der Waals surface area contributed by atoms with Crippen molar-refractivity contribution in [2.75, 3.05) is 0 Å². The molecule has 32 heavy (non-hydrogen) atoms. The van der Waals surface area contributed by atoms with Crippen LogP contribution in [0.2, 0.25) is 0 Å². The van der Waals surface area contributed by atoms with Crippen molar-refractivity contribution in [1.82, 2.24) is 5.43 Å². The van der Waals surface area contributed by atoms with Crippen molar-refractivity contribution >= 4 is 18.1 Å². The van der Waals surface area contributed by atoms with E-state index in [0.29, 0.717) is 23.5 Å². The van der Waals surface area contributed by atoms with Crippen molar-refractivity contribution in [2.45, 2.75) is 72.1 Å². The standard InChI is InChI=1S/C26H34N2O4/c1-17(29)32-20-10-8-9-19(13-20)16-27-28-23(30)12-11-18-14-21(25(2,3)4)24(31)22(15-18)26(5,6)7/h8-10,13-16,31H,11-12H2,1-7H3,(H,28,30)/b27-16-. The van der Waals surface area contributed by atoms with Gasteiger partial charge in [-0.25, -0.2) is 5.43 Å². The molecule has 0 aliphatic rings. The normalized spacial score (nSPS) is 12.1. The summed E-state index contributed by atoms with van der Waals surface area (Å²) in [6, 6.07) is 10.8. The number of nitrogens with zero attached hydrogens (tertiary/aromatic N) is 1. The van der Waals surface area contributed by atoms with Gasteiger partial charge in [-0.2, -0.15) is 5.10 Å². The third-order valence-corrected chi connectivity index (χ3v) is 4.95. The van der Waals surface area contributed by atoms with E-state index in [1.54, 1.807) is 24.3 Å². The van der Waals surface area contributed by atoms with Crippen LogP contribution in [0.25, 0.3) is 0 Å². The van der Waals surface area contributed by atoms with Crippen LogP contribution in [0, 0.1) is 0 Å². The Kier molecular flexibility index (Phi) is 7.83. The first-order chi connectivity index (χ1) is 14.8. The van der Waals surface area contributed by atoms with E-state index >= 15 is 0 Å². The Balaban J connectivity index is 2.06. The fourth-order valence-corrected chi connectivity index (χ4v) is 3.30. The van der Waals surface area contributed by atoms with Gasteiger partial charge in [0.15, 0.2) is 0 Å². The Bertz CT molecular complexity index is 976. The zero-order chi connectivity index (χ0) is 24.1. The van der Waals surface area contributed by atoms with Crippen LogP contribution in [-0.2, 0) is 26.8 Å². The van der Waals surface area contributed by atoms with E-state index in [1.807, 2.05) is 12.1 Å². The number of carbonyl (C=O) groups excluding carboxylic acids is 2. The summed E-state index contributed by atoms with van der Waals surface area (Å²) in [4.78, 5) is 23.4. The van der Waals surface area contributed by atoms with E-state index in [-0.39, 0.29) is 23.2 Å². The molecule has 6 heteroatoms. The number of phenolic OH excluding ortho intramolecular Hbond substituents is 1. The number of aryl methyl sites for hydroxylation is 1. The highest BCUT2D eigenvalue weighted by molar-refractivity contribution is 5.83. The number of nitrogens with one attached hydrogen (secondary N) is 1. The number of benzene rings is 2. The van der Waals surface area contributed by atoms with Crippen molar-refractivity contribution < 1.29 is 19.4 Å². The van der Waals surface area contributed by atoms with Crippen molar-refractivity contribution in [3.63, 3.8) is 0 Å². The second-order valence-electron chi connectivity index (χ2n) is 10.00. The average Bonchev–Trinajstić information content (AvgIpc) is 2.65. The minimum Gasteiger partial charge on any atom is -0.507 e. The van der Waals surface area contributed by atoms with Crippen LogP contribution in [0.1, 0.15) is 77.1 Å². The first-order valence-corrected chi connectivity index (χ1v) is 10.7. The van der Waals surface area contributed by atoms with Gasteiger partial charge in [-0.05, 0) is 51.6 Å². The minimum absolute atomic E-state index is 0.208. The molecule has 0 atom stereocenters. The number of hydrazone groups is 1. The second-order valence-corrected chi connectivity index (χ2v) is 10.00. The third kappa shape index (κ3) is 7.22. The molecule has 0 aromatic heterocycles. The monoisotopic (exact) mass is 438 g/mol. The van der Waals surface area contributed by atoms with E-state index in [1.165, 1.54) is 13.1 Å². The van der Waals surface area contributed by atoms with Crippen LogP contribution in [0.15, 0.2) is 41.5 Å². The van der Waals surface area contributed by atoms with Crippen LogP contribution in [0.3, 0.4) is 0 Å². The highest BCUT2D eigenvalue weighted by Gasteiger charge is 2.26. The summed E-state index contributed by atoms with van der Waals surface area (Å²) in [6.07, 6.45) is 2.30. The Morgan fingerprint density at radius 1 is 1.03 bits per heavy atom. The van der Waals surface area contributed by atoms with Crippen LogP contribution < -0.4 is 10.2 Å². The fourth-order valence-electron chi connectivity index (χ4n) is 3.30. The second kappa shape index (κ2) is 9.98. The van der Waals surface area contributed by atoms with Crippen LogP contribution >= 0.6 is 0 Å². The number of carbonyl (C=O) groups is 2. The maximum Gasteiger partial charge on any atom is 0.308 e. The van der Waals surface area contributed by atoms with E-state index in [4.69, 9.17) is 4.74 Å². The molecule has 0 saturated carbocycles. The molecule has 1 amide bonds. The zero-order valence-electron chi connectivity index (χ0n) is 20.1. The molecule has 0 aliphatic heterocycles. The lowest BCUT2D eigenvalue weighted by Crippen LogP contribution is -2.20. The van der Waals surface area contributed by atoms with Crippen LogP contribution in [-0.4, -0.2) is 23.2 Å². The summed E-state index contributed by atoms with van der Waals surface area (Å²) in [5.41, 5.74) is 5.57. The molecule has 0 aliphatic carbocycles. The average molecular weight is 439 g/mol. The third-order valence-electron chi connectivity index (χ3n) is 4.95. The smallest absolute Gasteiger partial charge is 0.308 e. The predicted octanol–water partition coefficient (Wildman–Crippen LogP) is 5.00. The molecule has 0 unspecified atom stereocenters. The van der Waals surface area contributed by atoms with Gasteiger partial charge in [0, 0.05) is 13.3 Å². The van der Waals surface area contributed by atoms with Gasteiger partial charge < -0.3 is 9.84 Å². The van der Waals surface area contributed by atoms with Crippen molar-refractivity contribution in [3.8, 4) is 11.5 Å². The molecule has 0 radical (unpaired) electrons. The van der Waals surface area contributed by atoms with Gasteiger partial charge in [-0.1, -0.05) is 65.8 Å². The molecule has 0 fully saturated rings. The molecule has 2 aromatic rings. The zero-order valence-corrected chi connectivity index (χ0v) is 20.1. The Hall–Kier alpha value is -3.15. The van der Waals surface area contributed by atoms with Gasteiger partial charge in [-0.3, -0.25) is 9.59 Å². The summed E-state index contributed by atoms with van der Waals surface area (Å²) in [5.74, 6) is 0.147. The Morgan fingerprint density at radius 3 is 2.16 bits per heavy atom. The van der Waals surface area contributed by atoms with E-state index in [2.05, 4.69) is 52.1 Å². The first-order valence-electron chi connectivity index (χ1n) is 10.7. The lowest BCUT2D eigenvalue weighted by atomic mass is 9.78. The van der Waals surface area contributed by atoms with Crippen molar-refractivity contribution in [2.24, 2.45) is 5.10 Å². The predicted molar refractivity (Wildman–Crippen MR) is 127 cm³/mol. The van der Waals surface area contributed by atoms with E-state index < -0.39 is 5.97 Å². The Morgan fingerprint density at radius 2 is 1.62 bits per heavy atom. The number of hydrogen-bond acceptors (Lipinski definition) is 5. The molecule has 0 heterocycles. The summed E-state index contributed by atoms with van der Waals surface area (Å²) in [7, 11) is 0. The molecule has 172 valence electrons. The summed E-state index contributed by atoms with van der Waals surface area (Å²) < 4.78 is 5.04. The first kappa shape index (κ1) is 25.1. The minimum atomic E-state index is -0.397. The highest BCUT2D eigenvalue weighted by Crippen LogP contribution is 2.39. The molecule has 0 bridgehead atoms. The van der Waals surface area contributed by atoms with Crippen molar-refractivity contribution in [1.29, 1.82) is 0 Å². The molecular formula is C26H34N2O4. The van der Waals surface area contributed by atoms with Gasteiger partial charge >= 0.3 is 5.97 Å². The Labute approximate surface area is 190 Å². The number of ether oxygens (including phenoxy) is 1. The molecular weight excluding hydrogens is 404 g/mol. The highest BCUT2D eigenvalue weighted by atomic mass is 16.5. The number of aromatic hydroxyl groups is 1. The summed E-state index contributed by atoms with van der Waals surface area (Å²) in [6.45, 7) is 13.7. The maximum absolute atomic E-state index is 12.3. The van der Waals surface area contributed by atoms with Gasteiger partial charge in [0.2, 0.25) is 5.91 Å². The van der Waals surface area contributed by atoms with Crippen LogP contribution in [0.5, 0.6) is 11.5 Å².